The van der Waals surface area contributed by atoms with E-state index in [4.69, 9.17) is 0 Å². The highest BCUT2D eigenvalue weighted by Gasteiger charge is 2.21. The van der Waals surface area contributed by atoms with Crippen molar-refractivity contribution in [3.8, 4) is 5.69 Å². The molecule has 1 fully saturated rings. The summed E-state index contributed by atoms with van der Waals surface area (Å²) >= 11 is 0. The lowest BCUT2D eigenvalue weighted by molar-refractivity contribution is 0.861. The van der Waals surface area contributed by atoms with Crippen molar-refractivity contribution in [3.05, 3.63) is 36.9 Å². The van der Waals surface area contributed by atoms with Gasteiger partial charge in [0, 0.05) is 6.54 Å². The van der Waals surface area contributed by atoms with Crippen molar-refractivity contribution < 1.29 is 0 Å². The maximum atomic E-state index is 4.16. The second-order valence-electron chi connectivity index (χ2n) is 4.18. The number of rotatable bonds is 4. The first kappa shape index (κ1) is 9.39. The van der Waals surface area contributed by atoms with E-state index in [0.29, 0.717) is 0 Å². The van der Waals surface area contributed by atoms with Crippen LogP contribution in [0.5, 0.6) is 0 Å². The molecule has 0 amide bonds. The Hall–Kier alpha value is -1.84. The van der Waals surface area contributed by atoms with Crippen LogP contribution in [-0.4, -0.2) is 21.3 Å². The van der Waals surface area contributed by atoms with E-state index in [1.807, 2.05) is 18.2 Å². The van der Waals surface area contributed by atoms with Gasteiger partial charge in [0.15, 0.2) is 0 Å². The van der Waals surface area contributed by atoms with Gasteiger partial charge in [0.25, 0.3) is 0 Å². The third-order valence-electron chi connectivity index (χ3n) is 2.85. The van der Waals surface area contributed by atoms with Crippen LogP contribution >= 0.6 is 0 Å². The lowest BCUT2D eigenvalue weighted by atomic mass is 10.2. The number of hydrogen-bond acceptors (Lipinski definition) is 3. The van der Waals surface area contributed by atoms with Gasteiger partial charge < -0.3 is 5.32 Å². The van der Waals surface area contributed by atoms with Crippen LogP contribution < -0.4 is 5.32 Å². The Morgan fingerprint density at radius 1 is 1.31 bits per heavy atom. The first-order chi connectivity index (χ1) is 7.93. The van der Waals surface area contributed by atoms with Crippen molar-refractivity contribution in [1.29, 1.82) is 0 Å². The van der Waals surface area contributed by atoms with E-state index in [0.717, 1.165) is 23.8 Å². The van der Waals surface area contributed by atoms with E-state index in [9.17, 15) is 0 Å². The molecule has 1 aromatic carbocycles. The van der Waals surface area contributed by atoms with E-state index < -0.39 is 0 Å². The summed E-state index contributed by atoms with van der Waals surface area (Å²) < 4.78 is 1.79. The molecule has 0 aliphatic heterocycles. The van der Waals surface area contributed by atoms with E-state index in [1.165, 1.54) is 12.8 Å². The summed E-state index contributed by atoms with van der Waals surface area (Å²) in [6.45, 7) is 1.06. The summed E-state index contributed by atoms with van der Waals surface area (Å²) in [5, 5.41) is 7.63. The topological polar surface area (TPSA) is 42.7 Å². The fraction of sp³-hybridized carbons (Fsp3) is 0.333. The van der Waals surface area contributed by atoms with E-state index in [-0.39, 0.29) is 0 Å². The Bertz CT molecular complexity index is 460. The van der Waals surface area contributed by atoms with E-state index >= 15 is 0 Å². The highest BCUT2D eigenvalue weighted by molar-refractivity contribution is 5.60. The van der Waals surface area contributed by atoms with Crippen LogP contribution in [0.1, 0.15) is 12.8 Å². The average molecular weight is 214 g/mol. The van der Waals surface area contributed by atoms with Crippen molar-refractivity contribution in [2.24, 2.45) is 5.92 Å². The summed E-state index contributed by atoms with van der Waals surface area (Å²) in [5.41, 5.74) is 2.18. The molecule has 0 bridgehead atoms. The van der Waals surface area contributed by atoms with Gasteiger partial charge in [-0.3, -0.25) is 0 Å². The van der Waals surface area contributed by atoms with Crippen LogP contribution in [0.25, 0.3) is 5.69 Å². The first-order valence-electron chi connectivity index (χ1n) is 5.61. The molecule has 4 heteroatoms. The van der Waals surface area contributed by atoms with Gasteiger partial charge in [-0.25, -0.2) is 9.67 Å². The van der Waals surface area contributed by atoms with E-state index in [1.54, 1.807) is 17.3 Å². The Morgan fingerprint density at radius 2 is 2.19 bits per heavy atom. The summed E-state index contributed by atoms with van der Waals surface area (Å²) in [6.07, 6.45) is 5.99. The predicted octanol–water partition coefficient (Wildman–Crippen LogP) is 2.09. The second-order valence-corrected chi connectivity index (χ2v) is 4.18. The summed E-state index contributed by atoms with van der Waals surface area (Å²) in [5.74, 6) is 0.865. The molecule has 1 N–H and O–H groups in total. The lowest BCUT2D eigenvalue weighted by Crippen LogP contribution is -2.07. The van der Waals surface area contributed by atoms with Gasteiger partial charge in [-0.05, 0) is 30.9 Å². The average Bonchev–Trinajstić information content (AvgIpc) is 3.00. The van der Waals surface area contributed by atoms with Crippen LogP contribution in [-0.2, 0) is 0 Å². The summed E-state index contributed by atoms with van der Waals surface area (Å²) in [4.78, 5) is 3.97. The molecule has 0 spiro atoms. The van der Waals surface area contributed by atoms with Crippen molar-refractivity contribution in [2.45, 2.75) is 12.8 Å². The minimum Gasteiger partial charge on any atom is -0.383 e. The molecule has 1 heterocycles. The van der Waals surface area contributed by atoms with Gasteiger partial charge in [0.05, 0.1) is 11.4 Å². The van der Waals surface area contributed by atoms with Gasteiger partial charge in [-0.2, -0.15) is 5.10 Å². The molecular weight excluding hydrogens is 200 g/mol. The molecule has 16 heavy (non-hydrogen) atoms. The number of hydrogen-bond donors (Lipinski definition) is 1. The zero-order valence-electron chi connectivity index (χ0n) is 9.00. The number of nitrogens with zero attached hydrogens (tertiary/aromatic N) is 3. The van der Waals surface area contributed by atoms with Gasteiger partial charge in [0.2, 0.25) is 0 Å². The molecule has 4 nitrogen and oxygen atoms in total. The fourth-order valence-electron chi connectivity index (χ4n) is 1.73. The van der Waals surface area contributed by atoms with Crippen LogP contribution in [0, 0.1) is 5.92 Å². The number of anilines is 1. The monoisotopic (exact) mass is 214 g/mol. The molecule has 0 radical (unpaired) electrons. The Labute approximate surface area is 94.3 Å². The second kappa shape index (κ2) is 3.96. The highest BCUT2D eigenvalue weighted by Crippen LogP contribution is 2.29. The van der Waals surface area contributed by atoms with Crippen molar-refractivity contribution >= 4 is 5.69 Å². The molecule has 0 saturated heterocycles. The van der Waals surface area contributed by atoms with E-state index in [2.05, 4.69) is 21.5 Å². The number of aromatic nitrogens is 3. The molecule has 1 aromatic heterocycles. The minimum absolute atomic E-state index is 0.865. The molecular formula is C12H14N4. The molecule has 3 rings (SSSR count). The summed E-state index contributed by atoms with van der Waals surface area (Å²) in [6, 6.07) is 8.18. The van der Waals surface area contributed by atoms with Gasteiger partial charge >= 0.3 is 0 Å². The Balaban J connectivity index is 1.85. The lowest BCUT2D eigenvalue weighted by Gasteiger charge is -2.10. The predicted molar refractivity (Wildman–Crippen MR) is 62.6 cm³/mol. The van der Waals surface area contributed by atoms with Crippen molar-refractivity contribution in [1.82, 2.24) is 14.8 Å². The minimum atomic E-state index is 0.865. The largest absolute Gasteiger partial charge is 0.383 e. The van der Waals surface area contributed by atoms with Gasteiger partial charge in [0.1, 0.15) is 12.7 Å². The number of nitrogens with one attached hydrogen (secondary N) is 1. The Morgan fingerprint density at radius 3 is 2.94 bits per heavy atom. The fourth-order valence-corrected chi connectivity index (χ4v) is 1.73. The zero-order chi connectivity index (χ0) is 10.8. The molecule has 1 aliphatic carbocycles. The Kier molecular flexibility index (Phi) is 2.33. The van der Waals surface area contributed by atoms with Crippen molar-refractivity contribution in [2.75, 3.05) is 11.9 Å². The molecule has 0 unspecified atom stereocenters. The van der Waals surface area contributed by atoms with Crippen LogP contribution in [0.2, 0.25) is 0 Å². The SMILES string of the molecule is c1ccc(-n2cncn2)c(NCC2CC2)c1. The first-order valence-corrected chi connectivity index (χ1v) is 5.61. The normalized spacial score (nSPS) is 15.0. The molecule has 82 valence electrons. The molecule has 0 atom stereocenters. The van der Waals surface area contributed by atoms with Gasteiger partial charge in [-0.1, -0.05) is 12.1 Å². The molecule has 1 saturated carbocycles. The van der Waals surface area contributed by atoms with Gasteiger partial charge in [-0.15, -0.1) is 0 Å². The van der Waals surface area contributed by atoms with Crippen LogP contribution in [0.15, 0.2) is 36.9 Å². The van der Waals surface area contributed by atoms with Crippen LogP contribution in [0.3, 0.4) is 0 Å². The number of para-hydroxylation sites is 2. The third kappa shape index (κ3) is 1.91. The number of benzene rings is 1. The summed E-state index contributed by atoms with van der Waals surface area (Å²) in [7, 11) is 0. The molecule has 1 aliphatic rings. The quantitative estimate of drug-likeness (QED) is 0.847. The smallest absolute Gasteiger partial charge is 0.138 e. The standard InChI is InChI=1S/C12H14N4/c1-2-4-12(16-9-13-8-15-16)11(3-1)14-7-10-5-6-10/h1-4,8-10,14H,5-7H2. The maximum Gasteiger partial charge on any atom is 0.138 e. The third-order valence-corrected chi connectivity index (χ3v) is 2.85. The zero-order valence-corrected chi connectivity index (χ0v) is 9.00. The highest BCUT2D eigenvalue weighted by atomic mass is 15.3. The van der Waals surface area contributed by atoms with Crippen molar-refractivity contribution in [3.63, 3.8) is 0 Å². The maximum absolute atomic E-state index is 4.16. The molecule has 2 aromatic rings. The van der Waals surface area contributed by atoms with Crippen LogP contribution in [0.4, 0.5) is 5.69 Å².